The van der Waals surface area contributed by atoms with Crippen LogP contribution in [0.2, 0.25) is 0 Å². The third-order valence-corrected chi connectivity index (χ3v) is 1.17. The van der Waals surface area contributed by atoms with Crippen molar-refractivity contribution >= 4 is 0 Å². The van der Waals surface area contributed by atoms with Gasteiger partial charge in [-0.15, -0.1) is 0 Å². The van der Waals surface area contributed by atoms with Crippen LogP contribution in [-0.4, -0.2) is 10.2 Å². The van der Waals surface area contributed by atoms with Gasteiger partial charge in [0.2, 0.25) is 0 Å². The Morgan fingerprint density at radius 2 is 1.27 bits per heavy atom. The van der Waals surface area contributed by atoms with Crippen molar-refractivity contribution in [2.75, 3.05) is 0 Å². The Morgan fingerprint density at radius 3 is 1.47 bits per heavy atom. The largest absolute Gasteiger partial charge is 0.159 e. The third-order valence-electron chi connectivity index (χ3n) is 1.17. The number of aromatic nitrogens is 2. The van der Waals surface area contributed by atoms with Crippen LogP contribution >= 0.6 is 0 Å². The monoisotopic (exact) mass is 214 g/mol. The standard InChI is InChI=1S/C6H8N2.3C2H6.CH4/c1-5-3-4-7-8-6(5)2;3*1-2;/h3-4H,1-2H3;3*1-2H3;1H4. The lowest BCUT2D eigenvalue weighted by atomic mass is 10.3. The Bertz CT molecular complexity index is 165. The molecule has 0 saturated carbocycles. The summed E-state index contributed by atoms with van der Waals surface area (Å²) in [6, 6.07) is 1.95. The van der Waals surface area contributed by atoms with Gasteiger partial charge in [-0.25, -0.2) is 0 Å². The highest BCUT2D eigenvalue weighted by Crippen LogP contribution is 1.96. The lowest BCUT2D eigenvalue weighted by Gasteiger charge is -1.91. The Kier molecular flexibility index (Phi) is 36.6. The van der Waals surface area contributed by atoms with E-state index in [9.17, 15) is 0 Å². The molecule has 1 aromatic rings. The predicted molar refractivity (Wildman–Crippen MR) is 72.3 cm³/mol. The Hall–Kier alpha value is -0.920. The molecule has 0 amide bonds. The van der Waals surface area contributed by atoms with Gasteiger partial charge in [-0.1, -0.05) is 49.0 Å². The molecule has 0 unspecified atom stereocenters. The predicted octanol–water partition coefficient (Wildman–Crippen LogP) is 4.81. The zero-order chi connectivity index (χ0) is 12.0. The maximum absolute atomic E-state index is 3.83. The fraction of sp³-hybridized carbons (Fsp3) is 0.692. The van der Waals surface area contributed by atoms with E-state index in [1.807, 2.05) is 61.5 Å². The lowest BCUT2D eigenvalue weighted by molar-refractivity contribution is 0.961. The molecular weight excluding hydrogens is 184 g/mol. The van der Waals surface area contributed by atoms with Crippen LogP contribution in [0.3, 0.4) is 0 Å². The summed E-state index contributed by atoms with van der Waals surface area (Å²) in [4.78, 5) is 0. The minimum Gasteiger partial charge on any atom is -0.159 e. The summed E-state index contributed by atoms with van der Waals surface area (Å²) in [5.41, 5.74) is 2.20. The fourth-order valence-corrected chi connectivity index (χ4v) is 0.465. The average Bonchev–Trinajstić information content (AvgIpc) is 2.31. The van der Waals surface area contributed by atoms with Gasteiger partial charge in [-0.05, 0) is 25.5 Å². The zero-order valence-electron chi connectivity index (χ0n) is 11.0. The molecule has 0 bridgehead atoms. The van der Waals surface area contributed by atoms with E-state index in [2.05, 4.69) is 10.2 Å². The van der Waals surface area contributed by atoms with Crippen LogP contribution in [0.1, 0.15) is 60.2 Å². The fourth-order valence-electron chi connectivity index (χ4n) is 0.465. The SMILES string of the molecule is C.CC.CC.CC.Cc1ccnnc1C. The molecule has 1 aromatic heterocycles. The molecule has 0 N–H and O–H groups in total. The first-order valence-corrected chi connectivity index (χ1v) is 5.55. The molecule has 92 valence electrons. The molecule has 0 aromatic carbocycles. The van der Waals surface area contributed by atoms with E-state index >= 15 is 0 Å². The highest BCUT2D eigenvalue weighted by Gasteiger charge is 1.86. The van der Waals surface area contributed by atoms with Crippen LogP contribution in [0.4, 0.5) is 0 Å². The van der Waals surface area contributed by atoms with E-state index in [4.69, 9.17) is 0 Å². The van der Waals surface area contributed by atoms with Crippen LogP contribution < -0.4 is 0 Å². The van der Waals surface area contributed by atoms with Crippen molar-refractivity contribution in [3.05, 3.63) is 23.5 Å². The first-order valence-electron chi connectivity index (χ1n) is 5.55. The summed E-state index contributed by atoms with van der Waals surface area (Å²) in [6.07, 6.45) is 1.70. The maximum atomic E-state index is 3.83. The Balaban J connectivity index is -0.0000000755. The molecule has 15 heavy (non-hydrogen) atoms. The van der Waals surface area contributed by atoms with E-state index in [0.717, 1.165) is 5.69 Å². The molecule has 0 atom stereocenters. The van der Waals surface area contributed by atoms with Crippen molar-refractivity contribution in [2.45, 2.75) is 62.8 Å². The van der Waals surface area contributed by atoms with Crippen LogP contribution in [0.5, 0.6) is 0 Å². The first-order chi connectivity index (χ1) is 6.80. The molecule has 0 saturated heterocycles. The third kappa shape index (κ3) is 15.8. The molecule has 0 aliphatic carbocycles. The van der Waals surface area contributed by atoms with Crippen molar-refractivity contribution in [2.24, 2.45) is 0 Å². The summed E-state index contributed by atoms with van der Waals surface area (Å²) in [5, 5.41) is 7.52. The summed E-state index contributed by atoms with van der Waals surface area (Å²) in [7, 11) is 0. The number of nitrogens with zero attached hydrogens (tertiary/aromatic N) is 2. The number of rotatable bonds is 0. The number of aryl methyl sites for hydroxylation is 2. The second-order valence-corrected chi connectivity index (χ2v) is 1.80. The summed E-state index contributed by atoms with van der Waals surface area (Å²) in [6.45, 7) is 16.0. The quantitative estimate of drug-likeness (QED) is 0.619. The molecule has 2 nitrogen and oxygen atoms in total. The van der Waals surface area contributed by atoms with Crippen LogP contribution in [0, 0.1) is 13.8 Å². The van der Waals surface area contributed by atoms with Gasteiger partial charge in [-0.3, -0.25) is 0 Å². The maximum Gasteiger partial charge on any atom is 0.0629 e. The Morgan fingerprint density at radius 1 is 0.867 bits per heavy atom. The minimum atomic E-state index is 0. The molecule has 0 aliphatic heterocycles. The van der Waals surface area contributed by atoms with E-state index in [1.54, 1.807) is 6.20 Å². The smallest absolute Gasteiger partial charge is 0.0629 e. The van der Waals surface area contributed by atoms with E-state index < -0.39 is 0 Å². The van der Waals surface area contributed by atoms with Crippen molar-refractivity contribution in [1.82, 2.24) is 10.2 Å². The van der Waals surface area contributed by atoms with Gasteiger partial charge < -0.3 is 0 Å². The van der Waals surface area contributed by atoms with Crippen LogP contribution in [0.25, 0.3) is 0 Å². The van der Waals surface area contributed by atoms with Crippen LogP contribution in [-0.2, 0) is 0 Å². The minimum absolute atomic E-state index is 0. The van der Waals surface area contributed by atoms with Gasteiger partial charge in [0.1, 0.15) is 0 Å². The number of hydrogen-bond donors (Lipinski definition) is 0. The van der Waals surface area contributed by atoms with Gasteiger partial charge >= 0.3 is 0 Å². The van der Waals surface area contributed by atoms with Gasteiger partial charge in [0, 0.05) is 6.20 Å². The summed E-state index contributed by atoms with van der Waals surface area (Å²) < 4.78 is 0. The van der Waals surface area contributed by atoms with Gasteiger partial charge in [0.25, 0.3) is 0 Å². The molecule has 1 rings (SSSR count). The first kappa shape index (κ1) is 23.7. The van der Waals surface area contributed by atoms with Gasteiger partial charge in [-0.2, -0.15) is 10.2 Å². The van der Waals surface area contributed by atoms with Crippen molar-refractivity contribution in [3.8, 4) is 0 Å². The number of hydrogen-bond acceptors (Lipinski definition) is 2. The van der Waals surface area contributed by atoms with Crippen molar-refractivity contribution in [1.29, 1.82) is 0 Å². The van der Waals surface area contributed by atoms with Gasteiger partial charge in [0.15, 0.2) is 0 Å². The van der Waals surface area contributed by atoms with E-state index in [-0.39, 0.29) is 7.43 Å². The highest BCUT2D eigenvalue weighted by atomic mass is 15.1. The molecule has 0 spiro atoms. The molecular formula is C13H30N2. The second-order valence-electron chi connectivity index (χ2n) is 1.80. The van der Waals surface area contributed by atoms with Crippen molar-refractivity contribution in [3.63, 3.8) is 0 Å². The molecule has 0 fully saturated rings. The Labute approximate surface area is 97.1 Å². The molecule has 1 heterocycles. The van der Waals surface area contributed by atoms with Crippen LogP contribution in [0.15, 0.2) is 12.3 Å². The average molecular weight is 214 g/mol. The molecule has 0 aliphatic rings. The van der Waals surface area contributed by atoms with Crippen molar-refractivity contribution < 1.29 is 0 Å². The summed E-state index contributed by atoms with van der Waals surface area (Å²) in [5.74, 6) is 0. The normalized spacial score (nSPS) is 6.13. The molecule has 0 radical (unpaired) electrons. The van der Waals surface area contributed by atoms with Gasteiger partial charge in [0.05, 0.1) is 5.69 Å². The zero-order valence-corrected chi connectivity index (χ0v) is 11.0. The topological polar surface area (TPSA) is 25.8 Å². The van der Waals surface area contributed by atoms with E-state index in [0.29, 0.717) is 0 Å². The van der Waals surface area contributed by atoms with E-state index in [1.165, 1.54) is 5.56 Å². The molecule has 2 heteroatoms. The lowest BCUT2D eigenvalue weighted by Crippen LogP contribution is -1.86. The second kappa shape index (κ2) is 23.2. The highest BCUT2D eigenvalue weighted by molar-refractivity contribution is 5.12. The summed E-state index contributed by atoms with van der Waals surface area (Å²) >= 11 is 0.